The maximum atomic E-state index is 13.3. The lowest BCUT2D eigenvalue weighted by atomic mass is 10.0. The smallest absolute Gasteiger partial charge is 0.326 e. The lowest BCUT2D eigenvalue weighted by Crippen LogP contribution is -2.56. The van der Waals surface area contributed by atoms with E-state index in [2.05, 4.69) is 15.6 Å². The standard InChI is InChI=1S/C22H33N7O5/c23-13-18(30)27-16(12-14-6-2-1-3-7-14)20(32)29-11-5-9-17(29)19(31)28-15(21(33)34)8-4-10-26-22(24)25/h1-3,6-7,15-17H,4-5,8-13,23H2,(H,27,30)(H,28,31)(H,33,34)(H4,24,25,26). The number of nitrogens with one attached hydrogen (secondary N) is 2. The molecule has 0 radical (unpaired) electrons. The summed E-state index contributed by atoms with van der Waals surface area (Å²) in [6.45, 7) is 0.281. The maximum Gasteiger partial charge on any atom is 0.326 e. The van der Waals surface area contributed by atoms with Gasteiger partial charge in [-0.25, -0.2) is 4.79 Å². The van der Waals surface area contributed by atoms with Crippen LogP contribution >= 0.6 is 0 Å². The fourth-order valence-corrected chi connectivity index (χ4v) is 3.84. The van der Waals surface area contributed by atoms with Gasteiger partial charge in [0.05, 0.1) is 6.54 Å². The highest BCUT2D eigenvalue weighted by molar-refractivity contribution is 5.94. The number of rotatable bonds is 12. The number of hydrogen-bond acceptors (Lipinski definition) is 6. The molecule has 1 aliphatic heterocycles. The van der Waals surface area contributed by atoms with E-state index in [1.54, 1.807) is 0 Å². The zero-order valence-corrected chi connectivity index (χ0v) is 19.0. The molecule has 186 valence electrons. The number of aliphatic imine (C=N–C) groups is 1. The number of carbonyl (C=O) groups excluding carboxylic acids is 3. The van der Waals surface area contributed by atoms with Crippen LogP contribution < -0.4 is 27.8 Å². The SMILES string of the molecule is NCC(=O)NC(Cc1ccccc1)C(=O)N1CCCC1C(=O)NC(CCCN=C(N)N)C(=O)O. The molecule has 1 aromatic carbocycles. The molecule has 1 fully saturated rings. The van der Waals surface area contributed by atoms with Gasteiger partial charge >= 0.3 is 5.97 Å². The van der Waals surface area contributed by atoms with Gasteiger partial charge in [-0.3, -0.25) is 19.4 Å². The Morgan fingerprint density at radius 2 is 1.82 bits per heavy atom. The molecule has 3 amide bonds. The van der Waals surface area contributed by atoms with Gasteiger partial charge in [0.25, 0.3) is 0 Å². The van der Waals surface area contributed by atoms with Crippen LogP contribution in [-0.4, -0.2) is 77.4 Å². The molecule has 1 aliphatic rings. The second-order valence-corrected chi connectivity index (χ2v) is 8.05. The first-order valence-corrected chi connectivity index (χ1v) is 11.1. The van der Waals surface area contributed by atoms with Crippen molar-refractivity contribution in [2.24, 2.45) is 22.2 Å². The maximum absolute atomic E-state index is 13.3. The average molecular weight is 476 g/mol. The Morgan fingerprint density at radius 3 is 2.44 bits per heavy atom. The fourth-order valence-electron chi connectivity index (χ4n) is 3.84. The van der Waals surface area contributed by atoms with Gasteiger partial charge in [0.15, 0.2) is 5.96 Å². The van der Waals surface area contributed by atoms with E-state index in [0.29, 0.717) is 25.8 Å². The quantitative estimate of drug-likeness (QED) is 0.116. The first-order valence-electron chi connectivity index (χ1n) is 11.1. The molecule has 1 aromatic rings. The summed E-state index contributed by atoms with van der Waals surface area (Å²) in [7, 11) is 0. The van der Waals surface area contributed by atoms with Gasteiger partial charge in [-0.2, -0.15) is 0 Å². The van der Waals surface area contributed by atoms with Gasteiger partial charge in [-0.15, -0.1) is 0 Å². The summed E-state index contributed by atoms with van der Waals surface area (Å²) in [5, 5.41) is 14.6. The highest BCUT2D eigenvalue weighted by Gasteiger charge is 2.38. The van der Waals surface area contributed by atoms with E-state index < -0.39 is 41.8 Å². The van der Waals surface area contributed by atoms with Crippen molar-refractivity contribution in [3.63, 3.8) is 0 Å². The molecule has 1 heterocycles. The average Bonchev–Trinajstić information content (AvgIpc) is 3.30. The summed E-state index contributed by atoms with van der Waals surface area (Å²) in [4.78, 5) is 55.1. The third-order valence-electron chi connectivity index (χ3n) is 5.50. The predicted molar refractivity (Wildman–Crippen MR) is 125 cm³/mol. The van der Waals surface area contributed by atoms with Crippen molar-refractivity contribution in [1.82, 2.24) is 15.5 Å². The van der Waals surface area contributed by atoms with Crippen LogP contribution in [0.15, 0.2) is 35.3 Å². The first-order chi connectivity index (χ1) is 16.2. The topological polar surface area (TPSA) is 206 Å². The van der Waals surface area contributed by atoms with Gasteiger partial charge in [-0.1, -0.05) is 30.3 Å². The van der Waals surface area contributed by atoms with E-state index in [4.69, 9.17) is 17.2 Å². The molecular formula is C22H33N7O5. The van der Waals surface area contributed by atoms with Crippen LogP contribution in [0, 0.1) is 0 Å². The number of nitrogens with zero attached hydrogens (tertiary/aromatic N) is 2. The number of aliphatic carboxylic acids is 1. The third-order valence-corrected chi connectivity index (χ3v) is 5.50. The number of carboxylic acid groups (broad SMARTS) is 1. The highest BCUT2D eigenvalue weighted by Crippen LogP contribution is 2.20. The molecule has 0 bridgehead atoms. The molecule has 12 heteroatoms. The highest BCUT2D eigenvalue weighted by atomic mass is 16.4. The Kier molecular flexibility index (Phi) is 10.3. The van der Waals surface area contributed by atoms with E-state index in [1.165, 1.54) is 4.90 Å². The van der Waals surface area contributed by atoms with E-state index in [9.17, 15) is 24.3 Å². The molecule has 9 N–H and O–H groups in total. The van der Waals surface area contributed by atoms with Gasteiger partial charge in [0.2, 0.25) is 17.7 Å². The zero-order chi connectivity index (χ0) is 25.1. The van der Waals surface area contributed by atoms with E-state index >= 15 is 0 Å². The summed E-state index contributed by atoms with van der Waals surface area (Å²) >= 11 is 0. The Morgan fingerprint density at radius 1 is 1.12 bits per heavy atom. The van der Waals surface area contributed by atoms with E-state index in [1.807, 2.05) is 30.3 Å². The minimum absolute atomic E-state index is 0.0946. The molecule has 0 aromatic heterocycles. The van der Waals surface area contributed by atoms with Crippen LogP contribution in [0.3, 0.4) is 0 Å². The van der Waals surface area contributed by atoms with Crippen molar-refractivity contribution in [3.05, 3.63) is 35.9 Å². The Labute approximate surface area is 197 Å². The van der Waals surface area contributed by atoms with Gasteiger partial charge < -0.3 is 37.8 Å². The number of carboxylic acids is 1. The summed E-state index contributed by atoms with van der Waals surface area (Å²) in [6.07, 6.45) is 1.68. The van der Waals surface area contributed by atoms with Crippen molar-refractivity contribution in [1.29, 1.82) is 0 Å². The van der Waals surface area contributed by atoms with Gasteiger partial charge in [0, 0.05) is 19.5 Å². The van der Waals surface area contributed by atoms with Crippen LogP contribution in [-0.2, 0) is 25.6 Å². The molecule has 3 unspecified atom stereocenters. The van der Waals surface area contributed by atoms with Gasteiger partial charge in [-0.05, 0) is 31.2 Å². The third kappa shape index (κ3) is 8.03. The molecule has 1 saturated heterocycles. The number of carbonyl (C=O) groups is 4. The number of amides is 3. The molecule has 0 saturated carbocycles. The van der Waals surface area contributed by atoms with E-state index in [-0.39, 0.29) is 31.9 Å². The van der Waals surface area contributed by atoms with E-state index in [0.717, 1.165) is 5.56 Å². The number of nitrogens with two attached hydrogens (primary N) is 3. The summed E-state index contributed by atoms with van der Waals surface area (Å²) in [5.41, 5.74) is 16.8. The van der Waals surface area contributed by atoms with Crippen LogP contribution in [0.1, 0.15) is 31.2 Å². The summed E-state index contributed by atoms with van der Waals surface area (Å²) in [5.74, 6) is -2.73. The number of likely N-dealkylation sites (tertiary alicyclic amines) is 1. The number of guanidine groups is 1. The molecular weight excluding hydrogens is 442 g/mol. The first kappa shape index (κ1) is 26.6. The molecule has 12 nitrogen and oxygen atoms in total. The summed E-state index contributed by atoms with van der Waals surface area (Å²) < 4.78 is 0. The lowest BCUT2D eigenvalue weighted by molar-refractivity contribution is -0.145. The Balaban J connectivity index is 2.09. The Hall–Kier alpha value is -3.67. The van der Waals surface area contributed by atoms with Crippen molar-refractivity contribution in [2.45, 2.75) is 50.2 Å². The van der Waals surface area contributed by atoms with Crippen molar-refractivity contribution >= 4 is 29.7 Å². The minimum Gasteiger partial charge on any atom is -0.480 e. The largest absolute Gasteiger partial charge is 0.480 e. The number of hydrogen-bond donors (Lipinski definition) is 6. The zero-order valence-electron chi connectivity index (χ0n) is 19.0. The van der Waals surface area contributed by atoms with Crippen LogP contribution in [0.4, 0.5) is 0 Å². The summed E-state index contributed by atoms with van der Waals surface area (Å²) in [6, 6.07) is 6.29. The molecule has 0 aliphatic carbocycles. The predicted octanol–water partition coefficient (Wildman–Crippen LogP) is -1.71. The fraction of sp³-hybridized carbons (Fsp3) is 0.500. The molecule has 34 heavy (non-hydrogen) atoms. The Bertz CT molecular complexity index is 889. The second kappa shape index (κ2) is 13.1. The van der Waals surface area contributed by atoms with Crippen molar-refractivity contribution < 1.29 is 24.3 Å². The molecule has 0 spiro atoms. The molecule has 2 rings (SSSR count). The minimum atomic E-state index is -1.19. The number of benzene rings is 1. The van der Waals surface area contributed by atoms with Crippen LogP contribution in [0.5, 0.6) is 0 Å². The second-order valence-electron chi connectivity index (χ2n) is 8.05. The van der Waals surface area contributed by atoms with Crippen molar-refractivity contribution in [3.8, 4) is 0 Å². The van der Waals surface area contributed by atoms with Crippen LogP contribution in [0.25, 0.3) is 0 Å². The molecule has 3 atom stereocenters. The normalized spacial score (nSPS) is 16.9. The van der Waals surface area contributed by atoms with Gasteiger partial charge in [0.1, 0.15) is 18.1 Å². The van der Waals surface area contributed by atoms with Crippen LogP contribution in [0.2, 0.25) is 0 Å². The lowest BCUT2D eigenvalue weighted by Gasteiger charge is -2.29. The monoisotopic (exact) mass is 475 g/mol. The van der Waals surface area contributed by atoms with Crippen molar-refractivity contribution in [2.75, 3.05) is 19.6 Å².